The van der Waals surface area contributed by atoms with E-state index < -0.39 is 23.4 Å². The zero-order chi connectivity index (χ0) is 16.7. The molecule has 3 rings (SSSR count). The molecule has 7 heteroatoms. The van der Waals surface area contributed by atoms with Gasteiger partial charge in [-0.15, -0.1) is 0 Å². The molecular weight excluding hydrogens is 311 g/mol. The van der Waals surface area contributed by atoms with Gasteiger partial charge in [-0.1, -0.05) is 6.07 Å². The summed E-state index contributed by atoms with van der Waals surface area (Å²) in [4.78, 5) is 25.1. The Bertz CT molecular complexity index is 717. The Morgan fingerprint density at radius 1 is 1.30 bits per heavy atom. The third-order valence-corrected chi connectivity index (χ3v) is 4.06. The molecule has 0 N–H and O–H groups in total. The smallest absolute Gasteiger partial charge is 0.332 e. The minimum absolute atomic E-state index is 0.0831. The quantitative estimate of drug-likeness (QED) is 0.485. The topological polar surface area (TPSA) is 46.6 Å². The van der Waals surface area contributed by atoms with Gasteiger partial charge in [-0.25, -0.2) is 18.0 Å². The van der Waals surface area contributed by atoms with E-state index in [1.807, 2.05) is 0 Å². The van der Waals surface area contributed by atoms with Crippen LogP contribution in [-0.4, -0.2) is 23.4 Å². The molecule has 0 radical (unpaired) electrons. The lowest BCUT2D eigenvalue weighted by molar-refractivity contribution is -0.137. The van der Waals surface area contributed by atoms with Crippen LogP contribution in [-0.2, 0) is 20.9 Å². The molecule has 2 aliphatic rings. The molecule has 1 aliphatic carbocycles. The summed E-state index contributed by atoms with van der Waals surface area (Å²) in [7, 11) is 0. The van der Waals surface area contributed by atoms with Crippen molar-refractivity contribution in [3.05, 3.63) is 46.9 Å². The van der Waals surface area contributed by atoms with E-state index in [0.717, 1.165) is 12.1 Å². The van der Waals surface area contributed by atoms with Gasteiger partial charge in [0.2, 0.25) is 5.91 Å². The van der Waals surface area contributed by atoms with Crippen molar-refractivity contribution in [2.45, 2.75) is 19.9 Å². The van der Waals surface area contributed by atoms with Crippen LogP contribution in [0.1, 0.15) is 18.9 Å². The van der Waals surface area contributed by atoms with Crippen LogP contribution in [0.3, 0.4) is 0 Å². The predicted molar refractivity (Wildman–Crippen MR) is 73.2 cm³/mol. The fourth-order valence-electron chi connectivity index (χ4n) is 2.84. The number of esters is 1. The number of halogens is 3. The van der Waals surface area contributed by atoms with Crippen molar-refractivity contribution in [2.75, 3.05) is 6.61 Å². The van der Waals surface area contributed by atoms with E-state index in [9.17, 15) is 22.8 Å². The molecule has 122 valence electrons. The van der Waals surface area contributed by atoms with E-state index in [1.165, 1.54) is 11.0 Å². The Kier molecular flexibility index (Phi) is 3.87. The molecule has 23 heavy (non-hydrogen) atoms. The monoisotopic (exact) mass is 325 g/mol. The molecule has 0 aromatic heterocycles. The number of nitrogens with zero attached hydrogens (tertiary/aromatic N) is 1. The summed E-state index contributed by atoms with van der Waals surface area (Å²) in [5, 5.41) is 0. The average Bonchev–Trinajstić information content (AvgIpc) is 3.26. The summed E-state index contributed by atoms with van der Waals surface area (Å²) in [5.74, 6) is -5.31. The molecule has 2 fully saturated rings. The van der Waals surface area contributed by atoms with Gasteiger partial charge in [0.25, 0.3) is 0 Å². The van der Waals surface area contributed by atoms with Gasteiger partial charge in [0.05, 0.1) is 13.2 Å². The number of rotatable bonds is 4. The number of likely N-dealkylation sites (tertiary alicyclic amines) is 1. The van der Waals surface area contributed by atoms with Crippen molar-refractivity contribution >= 4 is 11.9 Å². The number of hydrogen-bond donors (Lipinski definition) is 0. The van der Waals surface area contributed by atoms with Crippen molar-refractivity contribution in [1.29, 1.82) is 0 Å². The van der Waals surface area contributed by atoms with Crippen LogP contribution in [0.4, 0.5) is 13.2 Å². The molecule has 2 unspecified atom stereocenters. The van der Waals surface area contributed by atoms with Gasteiger partial charge in [0.15, 0.2) is 17.5 Å². The first-order valence-electron chi connectivity index (χ1n) is 7.26. The lowest BCUT2D eigenvalue weighted by Gasteiger charge is -2.21. The third kappa shape index (κ3) is 2.71. The maximum Gasteiger partial charge on any atom is 0.332 e. The zero-order valence-electron chi connectivity index (χ0n) is 12.3. The minimum Gasteiger partial charge on any atom is -0.463 e. The van der Waals surface area contributed by atoms with Crippen LogP contribution in [0.5, 0.6) is 0 Å². The summed E-state index contributed by atoms with van der Waals surface area (Å²) in [6.07, 6.45) is 1.86. The van der Waals surface area contributed by atoms with Gasteiger partial charge in [-0.3, -0.25) is 4.79 Å². The number of fused-ring (bicyclic) bond motifs is 1. The lowest BCUT2D eigenvalue weighted by atomic mass is 10.1. The van der Waals surface area contributed by atoms with Crippen LogP contribution in [0.2, 0.25) is 0 Å². The second kappa shape index (κ2) is 5.72. The molecule has 2 atom stereocenters. The molecule has 1 aliphatic heterocycles. The lowest BCUT2D eigenvalue weighted by Crippen LogP contribution is -2.27. The molecule has 1 heterocycles. The van der Waals surface area contributed by atoms with Gasteiger partial charge in [0.1, 0.15) is 0 Å². The number of amides is 1. The van der Waals surface area contributed by atoms with Crippen LogP contribution >= 0.6 is 0 Å². The van der Waals surface area contributed by atoms with Gasteiger partial charge in [0, 0.05) is 29.2 Å². The number of hydrogen-bond acceptors (Lipinski definition) is 3. The predicted octanol–water partition coefficient (Wildman–Crippen LogP) is 2.53. The van der Waals surface area contributed by atoms with Gasteiger partial charge in [-0.05, 0) is 19.4 Å². The highest BCUT2D eigenvalue weighted by molar-refractivity contribution is 5.91. The average molecular weight is 325 g/mol. The summed E-state index contributed by atoms with van der Waals surface area (Å²) in [6.45, 7) is 1.60. The molecule has 1 amide bonds. The second-order valence-corrected chi connectivity index (χ2v) is 5.53. The Morgan fingerprint density at radius 2 is 2.04 bits per heavy atom. The van der Waals surface area contributed by atoms with Crippen LogP contribution in [0, 0.1) is 29.3 Å². The summed E-state index contributed by atoms with van der Waals surface area (Å²) in [6, 6.07) is 1.90. The molecule has 0 bridgehead atoms. The first kappa shape index (κ1) is 15.6. The van der Waals surface area contributed by atoms with Crippen molar-refractivity contribution in [3.63, 3.8) is 0 Å². The highest BCUT2D eigenvalue weighted by Crippen LogP contribution is 2.53. The maximum absolute atomic E-state index is 13.8. The Labute approximate surface area is 130 Å². The van der Waals surface area contributed by atoms with E-state index in [2.05, 4.69) is 0 Å². The Balaban J connectivity index is 1.87. The molecule has 1 saturated carbocycles. The molecule has 1 saturated heterocycles. The Hall–Kier alpha value is -2.31. The number of allylic oxidation sites excluding steroid dienone is 1. The molecule has 1 aromatic carbocycles. The van der Waals surface area contributed by atoms with Gasteiger partial charge >= 0.3 is 5.97 Å². The summed E-state index contributed by atoms with van der Waals surface area (Å²) < 4.78 is 44.9. The molecule has 4 nitrogen and oxygen atoms in total. The molecule has 1 aromatic rings. The number of carbonyl (C=O) groups excluding carboxylic acids is 2. The van der Waals surface area contributed by atoms with Crippen molar-refractivity contribution < 1.29 is 27.5 Å². The van der Waals surface area contributed by atoms with Crippen molar-refractivity contribution in [2.24, 2.45) is 11.8 Å². The number of benzene rings is 1. The van der Waals surface area contributed by atoms with Crippen LogP contribution < -0.4 is 0 Å². The fourth-order valence-corrected chi connectivity index (χ4v) is 2.84. The van der Waals surface area contributed by atoms with E-state index in [4.69, 9.17) is 4.74 Å². The van der Waals surface area contributed by atoms with Crippen molar-refractivity contribution in [3.8, 4) is 0 Å². The first-order chi connectivity index (χ1) is 10.9. The number of carbonyl (C=O) groups is 2. The minimum atomic E-state index is -1.57. The normalized spacial score (nSPS) is 24.1. The van der Waals surface area contributed by atoms with Crippen LogP contribution in [0.15, 0.2) is 23.9 Å². The Morgan fingerprint density at radius 3 is 2.74 bits per heavy atom. The second-order valence-electron chi connectivity index (χ2n) is 5.53. The summed E-state index contributed by atoms with van der Waals surface area (Å²) >= 11 is 0. The van der Waals surface area contributed by atoms with Crippen LogP contribution in [0.25, 0.3) is 0 Å². The molecular formula is C16H14F3NO3. The van der Waals surface area contributed by atoms with E-state index >= 15 is 0 Å². The highest BCUT2D eigenvalue weighted by Gasteiger charge is 2.56. The van der Waals surface area contributed by atoms with E-state index in [1.54, 1.807) is 6.92 Å². The third-order valence-electron chi connectivity index (χ3n) is 4.06. The standard InChI is InChI=1S/C16H14F3NO3/c1-2-23-13(21)6-12-9-5-10(9)16(22)20(12)7-8-3-4-11(17)15(19)14(8)18/h3-4,6,9-10H,2,5,7H2,1H3/b12-6+. The largest absolute Gasteiger partial charge is 0.463 e. The van der Waals surface area contributed by atoms with E-state index in [0.29, 0.717) is 12.1 Å². The van der Waals surface area contributed by atoms with Gasteiger partial charge < -0.3 is 9.64 Å². The molecule has 0 spiro atoms. The summed E-state index contributed by atoms with van der Waals surface area (Å²) in [5.41, 5.74) is 0.302. The SMILES string of the molecule is CCOC(=O)/C=C1\C2CC2C(=O)N1Cc1ccc(F)c(F)c1F. The van der Waals surface area contributed by atoms with Gasteiger partial charge in [-0.2, -0.15) is 0 Å². The number of piperidine rings is 1. The zero-order valence-corrected chi connectivity index (χ0v) is 12.3. The maximum atomic E-state index is 13.8. The fraction of sp³-hybridized carbons (Fsp3) is 0.375. The first-order valence-corrected chi connectivity index (χ1v) is 7.26. The van der Waals surface area contributed by atoms with E-state index in [-0.39, 0.29) is 36.5 Å². The van der Waals surface area contributed by atoms with Crippen molar-refractivity contribution in [1.82, 2.24) is 4.90 Å². The highest BCUT2D eigenvalue weighted by atomic mass is 19.2. The number of ether oxygens (including phenoxy) is 1.